The van der Waals surface area contributed by atoms with Gasteiger partial charge in [-0.15, -0.1) is 11.3 Å². The lowest BCUT2D eigenvalue weighted by atomic mass is 9.99. The van der Waals surface area contributed by atoms with E-state index < -0.39 is 27.8 Å². The summed E-state index contributed by atoms with van der Waals surface area (Å²) in [5.74, 6) is -0.960. The Balaban J connectivity index is 2.26. The summed E-state index contributed by atoms with van der Waals surface area (Å²) in [7, 11) is 0. The number of phenolic OH excluding ortho intramolecular Hbond substituents is 1. The molecule has 1 aromatic carbocycles. The number of rotatable bonds is 5. The molecule has 1 aromatic heterocycles. The van der Waals surface area contributed by atoms with Crippen LogP contribution in [0.25, 0.3) is 0 Å². The summed E-state index contributed by atoms with van der Waals surface area (Å²) in [6.45, 7) is 5.69. The molecule has 0 aliphatic rings. The Morgan fingerprint density at radius 2 is 2.22 bits per heavy atom. The average Bonchev–Trinajstić information content (AvgIpc) is 2.93. The predicted molar refractivity (Wildman–Crippen MR) is 86.7 cm³/mol. The first-order valence-electron chi connectivity index (χ1n) is 6.99. The van der Waals surface area contributed by atoms with Crippen LogP contribution in [-0.4, -0.2) is 20.9 Å². The molecule has 0 spiro atoms. The van der Waals surface area contributed by atoms with Crippen LogP contribution in [0.5, 0.6) is 5.75 Å². The largest absolute Gasteiger partial charge is 0.502 e. The summed E-state index contributed by atoms with van der Waals surface area (Å²) in [4.78, 5) is 26.8. The molecule has 0 unspecified atom stereocenters. The number of benzene rings is 1. The number of nitro groups is 1. The van der Waals surface area contributed by atoms with E-state index in [1.165, 1.54) is 17.4 Å². The summed E-state index contributed by atoms with van der Waals surface area (Å²) >= 11 is 1.46. The number of aromatic nitrogens is 1. The number of hydrogen-bond donors (Lipinski definition) is 2. The standard InChI is InChI=1S/C15H17N3O4S/c1-4-15(3,14-16-9(2)8-23-14)17-13(20)10-5-6-11(18(21)22)12(19)7-10/h5-8,19H,4H2,1-3H3,(H,17,20)/t15-/m1/s1. The molecule has 0 fully saturated rings. The maximum Gasteiger partial charge on any atom is 0.310 e. The first-order chi connectivity index (χ1) is 10.8. The number of phenols is 1. The van der Waals surface area contributed by atoms with E-state index in [0.29, 0.717) is 6.42 Å². The van der Waals surface area contributed by atoms with Crippen molar-refractivity contribution in [3.05, 3.63) is 50.0 Å². The zero-order chi connectivity index (χ0) is 17.2. The lowest BCUT2D eigenvalue weighted by Crippen LogP contribution is -2.43. The molecule has 1 heterocycles. The molecule has 0 aliphatic heterocycles. The smallest absolute Gasteiger partial charge is 0.310 e. The molecule has 122 valence electrons. The third-order valence-electron chi connectivity index (χ3n) is 3.62. The number of nitrogens with zero attached hydrogens (tertiary/aromatic N) is 2. The second-order valence-electron chi connectivity index (χ2n) is 5.39. The SMILES string of the molecule is CC[C@@](C)(NC(=O)c1ccc([N+](=O)[O-])c(O)c1)c1nc(C)cs1. The second kappa shape index (κ2) is 6.33. The average molecular weight is 335 g/mol. The fraction of sp³-hybridized carbons (Fsp3) is 0.333. The number of aromatic hydroxyl groups is 1. The number of aryl methyl sites for hydroxylation is 1. The molecular weight excluding hydrogens is 318 g/mol. The van der Waals surface area contributed by atoms with Gasteiger partial charge < -0.3 is 10.4 Å². The normalized spacial score (nSPS) is 13.3. The van der Waals surface area contributed by atoms with Crippen LogP contribution in [0.15, 0.2) is 23.6 Å². The first-order valence-corrected chi connectivity index (χ1v) is 7.87. The lowest BCUT2D eigenvalue weighted by molar-refractivity contribution is -0.385. The van der Waals surface area contributed by atoms with Crippen molar-refractivity contribution in [2.24, 2.45) is 0 Å². The van der Waals surface area contributed by atoms with Gasteiger partial charge in [0.25, 0.3) is 5.91 Å². The quantitative estimate of drug-likeness (QED) is 0.645. The summed E-state index contributed by atoms with van der Waals surface area (Å²) in [6.07, 6.45) is 0.630. The lowest BCUT2D eigenvalue weighted by Gasteiger charge is -2.27. The van der Waals surface area contributed by atoms with Gasteiger partial charge in [-0.3, -0.25) is 14.9 Å². The number of nitrogens with one attached hydrogen (secondary N) is 1. The van der Waals surface area contributed by atoms with Crippen LogP contribution in [0.4, 0.5) is 5.69 Å². The molecule has 0 saturated heterocycles. The van der Waals surface area contributed by atoms with Crippen molar-refractivity contribution in [2.45, 2.75) is 32.7 Å². The van der Waals surface area contributed by atoms with Crippen molar-refractivity contribution in [3.63, 3.8) is 0 Å². The number of nitro benzene ring substituents is 1. The van der Waals surface area contributed by atoms with Crippen LogP contribution in [0.3, 0.4) is 0 Å². The zero-order valence-electron chi connectivity index (χ0n) is 13.0. The van der Waals surface area contributed by atoms with E-state index in [2.05, 4.69) is 10.3 Å². The highest BCUT2D eigenvalue weighted by Gasteiger charge is 2.30. The van der Waals surface area contributed by atoms with Crippen LogP contribution in [0.2, 0.25) is 0 Å². The minimum atomic E-state index is -0.703. The van der Waals surface area contributed by atoms with Gasteiger partial charge in [0, 0.05) is 22.7 Å². The van der Waals surface area contributed by atoms with Gasteiger partial charge in [-0.2, -0.15) is 0 Å². The molecule has 0 aliphatic carbocycles. The Morgan fingerprint density at radius 3 is 2.70 bits per heavy atom. The van der Waals surface area contributed by atoms with Crippen LogP contribution in [-0.2, 0) is 5.54 Å². The van der Waals surface area contributed by atoms with E-state index in [1.807, 2.05) is 26.2 Å². The molecule has 2 aromatic rings. The van der Waals surface area contributed by atoms with Gasteiger partial charge in [0.15, 0.2) is 5.75 Å². The molecule has 1 atom stereocenters. The highest BCUT2D eigenvalue weighted by atomic mass is 32.1. The first kappa shape index (κ1) is 16.9. The minimum Gasteiger partial charge on any atom is -0.502 e. The maximum absolute atomic E-state index is 12.4. The molecule has 0 saturated carbocycles. The molecular formula is C15H17N3O4S. The zero-order valence-corrected chi connectivity index (χ0v) is 13.8. The van der Waals surface area contributed by atoms with Crippen molar-refractivity contribution in [2.75, 3.05) is 0 Å². The maximum atomic E-state index is 12.4. The van der Waals surface area contributed by atoms with Crippen molar-refractivity contribution >= 4 is 22.9 Å². The van der Waals surface area contributed by atoms with Gasteiger partial charge in [0.1, 0.15) is 5.01 Å². The number of amides is 1. The van der Waals surface area contributed by atoms with Gasteiger partial charge in [-0.25, -0.2) is 4.98 Å². The van der Waals surface area contributed by atoms with E-state index in [9.17, 15) is 20.0 Å². The summed E-state index contributed by atoms with van der Waals surface area (Å²) in [5, 5.41) is 25.9. The van der Waals surface area contributed by atoms with Crippen molar-refractivity contribution in [3.8, 4) is 5.75 Å². The Hall–Kier alpha value is -2.48. The second-order valence-corrected chi connectivity index (χ2v) is 6.25. The molecule has 7 nitrogen and oxygen atoms in total. The van der Waals surface area contributed by atoms with Crippen LogP contribution in [0, 0.1) is 17.0 Å². The van der Waals surface area contributed by atoms with Crippen molar-refractivity contribution < 1.29 is 14.8 Å². The highest BCUT2D eigenvalue weighted by Crippen LogP contribution is 2.29. The number of thiazole rings is 1. The van der Waals surface area contributed by atoms with E-state index in [0.717, 1.165) is 22.8 Å². The summed E-state index contributed by atoms with van der Waals surface area (Å²) in [5.41, 5.74) is -0.0451. The van der Waals surface area contributed by atoms with Gasteiger partial charge in [-0.1, -0.05) is 6.92 Å². The topological polar surface area (TPSA) is 105 Å². The third-order valence-corrected chi connectivity index (χ3v) is 4.85. The Labute approximate surface area is 137 Å². The van der Waals surface area contributed by atoms with Crippen molar-refractivity contribution in [1.82, 2.24) is 10.3 Å². The molecule has 0 radical (unpaired) electrons. The van der Waals surface area contributed by atoms with E-state index in [4.69, 9.17) is 0 Å². The van der Waals surface area contributed by atoms with Gasteiger partial charge in [0.05, 0.1) is 10.5 Å². The highest BCUT2D eigenvalue weighted by molar-refractivity contribution is 7.09. The molecule has 2 N–H and O–H groups in total. The van der Waals surface area contributed by atoms with Crippen LogP contribution >= 0.6 is 11.3 Å². The predicted octanol–water partition coefficient (Wildman–Crippen LogP) is 3.12. The third kappa shape index (κ3) is 3.48. The minimum absolute atomic E-state index is 0.154. The van der Waals surface area contributed by atoms with E-state index >= 15 is 0 Å². The van der Waals surface area contributed by atoms with Gasteiger partial charge in [-0.05, 0) is 32.4 Å². The van der Waals surface area contributed by atoms with Gasteiger partial charge >= 0.3 is 5.69 Å². The Bertz CT molecular complexity index is 759. The molecule has 0 bridgehead atoms. The van der Waals surface area contributed by atoms with Gasteiger partial charge in [0.2, 0.25) is 0 Å². The van der Waals surface area contributed by atoms with Crippen molar-refractivity contribution in [1.29, 1.82) is 0 Å². The van der Waals surface area contributed by atoms with E-state index in [-0.39, 0.29) is 5.56 Å². The fourth-order valence-electron chi connectivity index (χ4n) is 2.04. The van der Waals surface area contributed by atoms with Crippen LogP contribution in [0.1, 0.15) is 41.3 Å². The Morgan fingerprint density at radius 1 is 1.52 bits per heavy atom. The molecule has 1 amide bonds. The molecule has 8 heteroatoms. The monoisotopic (exact) mass is 335 g/mol. The summed E-state index contributed by atoms with van der Waals surface area (Å²) < 4.78 is 0. The Kier molecular flexibility index (Phi) is 4.65. The number of hydrogen-bond acceptors (Lipinski definition) is 6. The van der Waals surface area contributed by atoms with E-state index in [1.54, 1.807) is 0 Å². The number of carbonyl (C=O) groups is 1. The number of carbonyl (C=O) groups excluding carboxylic acids is 1. The summed E-state index contributed by atoms with van der Waals surface area (Å²) in [6, 6.07) is 3.52. The fourth-order valence-corrected chi connectivity index (χ4v) is 3.03. The molecule has 2 rings (SSSR count). The molecule has 23 heavy (non-hydrogen) atoms. The van der Waals surface area contributed by atoms with Crippen LogP contribution < -0.4 is 5.32 Å².